The Morgan fingerprint density at radius 2 is 1.97 bits per heavy atom. The van der Waals surface area contributed by atoms with E-state index in [1.165, 1.54) is 35.2 Å². The molecule has 0 aliphatic heterocycles. The summed E-state index contributed by atoms with van der Waals surface area (Å²) in [6.45, 7) is 3.85. The summed E-state index contributed by atoms with van der Waals surface area (Å²) in [6.07, 6.45) is 0. The lowest BCUT2D eigenvalue weighted by Gasteiger charge is -2.11. The molecule has 1 unspecified atom stereocenters. The van der Waals surface area contributed by atoms with Crippen LogP contribution in [0.2, 0.25) is 0 Å². The highest BCUT2D eigenvalue weighted by molar-refractivity contribution is 8.00. The van der Waals surface area contributed by atoms with Crippen LogP contribution in [0.1, 0.15) is 12.5 Å². The van der Waals surface area contributed by atoms with Gasteiger partial charge in [-0.1, -0.05) is 42.1 Å². The lowest BCUT2D eigenvalue weighted by molar-refractivity contribution is -0.384. The third kappa shape index (κ3) is 4.73. The fourth-order valence-electron chi connectivity index (χ4n) is 3.06. The van der Waals surface area contributed by atoms with Gasteiger partial charge in [-0.2, -0.15) is 0 Å². The Balaban J connectivity index is 1.45. The highest BCUT2D eigenvalue weighted by atomic mass is 32.2. The number of carbonyl (C=O) groups excluding carboxylic acids is 1. The summed E-state index contributed by atoms with van der Waals surface area (Å²) in [6, 6.07) is 16.2. The van der Waals surface area contributed by atoms with Crippen LogP contribution < -0.4 is 5.32 Å². The van der Waals surface area contributed by atoms with E-state index in [-0.39, 0.29) is 16.8 Å². The largest absolute Gasteiger partial charge is 0.301 e. The predicted molar refractivity (Wildman–Crippen MR) is 125 cm³/mol. The van der Waals surface area contributed by atoms with E-state index in [1.54, 1.807) is 17.5 Å². The fraction of sp³-hybridized carbons (Fsp3) is 0.136. The Morgan fingerprint density at radius 3 is 2.77 bits per heavy atom. The third-order valence-corrected chi connectivity index (χ3v) is 6.43. The summed E-state index contributed by atoms with van der Waals surface area (Å²) in [4.78, 5) is 32.3. The van der Waals surface area contributed by atoms with Gasteiger partial charge in [-0.25, -0.2) is 9.97 Å². The second-order valence-corrected chi connectivity index (χ2v) is 9.11. The lowest BCUT2D eigenvalue weighted by Crippen LogP contribution is -2.22. The SMILES string of the molecule is Cc1cc(SC(C)C(=O)Nc2nc(-c3cccc([N+](=O)[O-])c3)cs2)nc2ccccc12. The number of non-ortho nitro benzene ring substituents is 1. The molecule has 0 aliphatic rings. The molecule has 0 fully saturated rings. The van der Waals surface area contributed by atoms with E-state index in [9.17, 15) is 14.9 Å². The minimum atomic E-state index is -0.444. The van der Waals surface area contributed by atoms with E-state index in [0.29, 0.717) is 16.4 Å². The van der Waals surface area contributed by atoms with E-state index < -0.39 is 4.92 Å². The van der Waals surface area contributed by atoms with Gasteiger partial charge in [0.2, 0.25) is 5.91 Å². The number of fused-ring (bicyclic) bond motifs is 1. The molecule has 0 spiro atoms. The first-order chi connectivity index (χ1) is 14.9. The number of aryl methyl sites for hydroxylation is 1. The zero-order valence-electron chi connectivity index (χ0n) is 16.7. The zero-order chi connectivity index (χ0) is 22.0. The minimum absolute atomic E-state index is 0.000661. The lowest BCUT2D eigenvalue weighted by atomic mass is 10.1. The van der Waals surface area contributed by atoms with Crippen molar-refractivity contribution in [2.24, 2.45) is 0 Å². The molecule has 1 N–H and O–H groups in total. The molecule has 2 aromatic carbocycles. The average Bonchev–Trinajstić information content (AvgIpc) is 3.22. The molecule has 7 nitrogen and oxygen atoms in total. The molecular formula is C22H18N4O3S2. The van der Waals surface area contributed by atoms with Crippen molar-refractivity contribution in [3.8, 4) is 11.3 Å². The number of anilines is 1. The van der Waals surface area contributed by atoms with Gasteiger partial charge >= 0.3 is 0 Å². The van der Waals surface area contributed by atoms with Crippen LogP contribution in [0.4, 0.5) is 10.8 Å². The molecule has 0 aliphatic carbocycles. The topological polar surface area (TPSA) is 98.0 Å². The van der Waals surface area contributed by atoms with Gasteiger partial charge in [-0.15, -0.1) is 11.3 Å². The number of nitro benzene ring substituents is 1. The normalized spacial score (nSPS) is 11.9. The maximum atomic E-state index is 12.7. The predicted octanol–water partition coefficient (Wildman–Crippen LogP) is 5.69. The smallest absolute Gasteiger partial charge is 0.270 e. The molecule has 9 heteroatoms. The van der Waals surface area contributed by atoms with Crippen molar-refractivity contribution in [3.05, 3.63) is 75.7 Å². The number of nitrogens with zero attached hydrogens (tertiary/aromatic N) is 3. The van der Waals surface area contributed by atoms with E-state index >= 15 is 0 Å². The maximum Gasteiger partial charge on any atom is 0.270 e. The van der Waals surface area contributed by atoms with E-state index in [2.05, 4.69) is 15.3 Å². The molecule has 1 amide bonds. The van der Waals surface area contributed by atoms with Crippen molar-refractivity contribution in [2.75, 3.05) is 5.32 Å². The van der Waals surface area contributed by atoms with Crippen molar-refractivity contribution in [3.63, 3.8) is 0 Å². The minimum Gasteiger partial charge on any atom is -0.301 e. The van der Waals surface area contributed by atoms with Crippen molar-refractivity contribution in [1.82, 2.24) is 9.97 Å². The van der Waals surface area contributed by atoms with Crippen LogP contribution >= 0.6 is 23.1 Å². The second-order valence-electron chi connectivity index (χ2n) is 6.89. The summed E-state index contributed by atoms with van der Waals surface area (Å²) in [5, 5.41) is 17.5. The monoisotopic (exact) mass is 450 g/mol. The maximum absolute atomic E-state index is 12.7. The summed E-state index contributed by atoms with van der Waals surface area (Å²) in [5.74, 6) is -0.183. The van der Waals surface area contributed by atoms with Crippen LogP contribution in [0.15, 0.2) is 65.0 Å². The van der Waals surface area contributed by atoms with Gasteiger partial charge in [0, 0.05) is 28.5 Å². The Bertz CT molecular complexity index is 1290. The number of benzene rings is 2. The van der Waals surface area contributed by atoms with E-state index in [0.717, 1.165) is 21.5 Å². The van der Waals surface area contributed by atoms with Crippen LogP contribution in [-0.4, -0.2) is 26.0 Å². The summed E-state index contributed by atoms with van der Waals surface area (Å²) in [5.41, 5.74) is 3.22. The molecule has 0 bridgehead atoms. The summed E-state index contributed by atoms with van der Waals surface area (Å²) >= 11 is 2.66. The molecule has 0 radical (unpaired) electrons. The van der Waals surface area contributed by atoms with Gasteiger partial charge in [0.25, 0.3) is 5.69 Å². The number of nitrogens with one attached hydrogen (secondary N) is 1. The number of pyridine rings is 1. The Kier molecular flexibility index (Phi) is 5.97. The molecule has 4 aromatic rings. The summed E-state index contributed by atoms with van der Waals surface area (Å²) < 4.78 is 0. The highest BCUT2D eigenvalue weighted by Crippen LogP contribution is 2.30. The highest BCUT2D eigenvalue weighted by Gasteiger charge is 2.18. The Labute approximate surface area is 186 Å². The van der Waals surface area contributed by atoms with E-state index in [1.807, 2.05) is 44.2 Å². The molecular weight excluding hydrogens is 432 g/mol. The first-order valence-corrected chi connectivity index (χ1v) is 11.2. The van der Waals surface area contributed by atoms with Gasteiger partial charge in [0.05, 0.1) is 26.4 Å². The van der Waals surface area contributed by atoms with Crippen molar-refractivity contribution in [2.45, 2.75) is 24.1 Å². The molecule has 2 heterocycles. The van der Waals surface area contributed by atoms with Gasteiger partial charge < -0.3 is 5.32 Å². The Hall–Kier alpha value is -3.30. The number of thioether (sulfide) groups is 1. The number of para-hydroxylation sites is 1. The number of aromatic nitrogens is 2. The average molecular weight is 451 g/mol. The first kappa shape index (κ1) is 21.0. The molecule has 2 aromatic heterocycles. The van der Waals surface area contributed by atoms with Crippen molar-refractivity contribution < 1.29 is 9.72 Å². The van der Waals surface area contributed by atoms with Crippen LogP contribution in [0.25, 0.3) is 22.2 Å². The van der Waals surface area contributed by atoms with Crippen LogP contribution in [0, 0.1) is 17.0 Å². The zero-order valence-corrected chi connectivity index (χ0v) is 18.4. The van der Waals surface area contributed by atoms with Crippen LogP contribution in [0.3, 0.4) is 0 Å². The van der Waals surface area contributed by atoms with Crippen LogP contribution in [-0.2, 0) is 4.79 Å². The number of nitro groups is 1. The second kappa shape index (κ2) is 8.83. The number of carbonyl (C=O) groups is 1. The number of thiazole rings is 1. The third-order valence-electron chi connectivity index (χ3n) is 4.65. The van der Waals surface area contributed by atoms with E-state index in [4.69, 9.17) is 0 Å². The number of hydrogen-bond donors (Lipinski definition) is 1. The Morgan fingerprint density at radius 1 is 1.16 bits per heavy atom. The van der Waals surface area contributed by atoms with Crippen molar-refractivity contribution in [1.29, 1.82) is 0 Å². The fourth-order valence-corrected chi connectivity index (χ4v) is 4.71. The summed E-state index contributed by atoms with van der Waals surface area (Å²) in [7, 11) is 0. The molecule has 156 valence electrons. The molecule has 1 atom stereocenters. The number of rotatable bonds is 6. The number of hydrogen-bond acceptors (Lipinski definition) is 7. The first-order valence-electron chi connectivity index (χ1n) is 9.45. The molecule has 4 rings (SSSR count). The van der Waals surface area contributed by atoms with Crippen LogP contribution in [0.5, 0.6) is 0 Å². The molecule has 0 saturated carbocycles. The van der Waals surface area contributed by atoms with Gasteiger partial charge in [-0.05, 0) is 31.5 Å². The quantitative estimate of drug-likeness (QED) is 0.230. The van der Waals surface area contributed by atoms with Gasteiger partial charge in [0.15, 0.2) is 5.13 Å². The van der Waals surface area contributed by atoms with Gasteiger partial charge in [-0.3, -0.25) is 14.9 Å². The standard InChI is InChI=1S/C22H18N4O3S2/c1-13-10-20(23-18-9-4-3-8-17(13)18)31-14(2)21(27)25-22-24-19(12-30-22)15-6-5-7-16(11-15)26(28)29/h3-12,14H,1-2H3,(H,24,25,27). The van der Waals surface area contributed by atoms with Crippen molar-refractivity contribution >= 4 is 50.7 Å². The van der Waals surface area contributed by atoms with Gasteiger partial charge in [0.1, 0.15) is 0 Å². The molecule has 31 heavy (non-hydrogen) atoms. The molecule has 0 saturated heterocycles. The number of amides is 1.